The van der Waals surface area contributed by atoms with E-state index in [0.717, 1.165) is 12.0 Å². The minimum atomic E-state index is -3.49. The summed E-state index contributed by atoms with van der Waals surface area (Å²) in [5.41, 5.74) is 1.13. The zero-order valence-corrected chi connectivity index (χ0v) is 18.5. The quantitative estimate of drug-likeness (QED) is 0.697. The van der Waals surface area contributed by atoms with Gasteiger partial charge in [-0.15, -0.1) is 0 Å². The number of hydrogen-bond donors (Lipinski definition) is 0. The molecule has 1 unspecified atom stereocenters. The molecule has 2 aliphatic rings. The van der Waals surface area contributed by atoms with Crippen molar-refractivity contribution < 1.29 is 17.9 Å². The number of morpholine rings is 1. The van der Waals surface area contributed by atoms with Crippen LogP contribution in [0.5, 0.6) is 0 Å². The Hall–Kier alpha value is -1.48. The predicted molar refractivity (Wildman–Crippen MR) is 112 cm³/mol. The van der Waals surface area contributed by atoms with Crippen molar-refractivity contribution in [3.63, 3.8) is 0 Å². The molecule has 1 atom stereocenters. The summed E-state index contributed by atoms with van der Waals surface area (Å²) in [5, 5.41) is 0. The van der Waals surface area contributed by atoms with Gasteiger partial charge in [-0.2, -0.15) is 4.31 Å². The molecule has 8 heteroatoms. The van der Waals surface area contributed by atoms with E-state index in [2.05, 4.69) is 20.8 Å². The molecule has 7 nitrogen and oxygen atoms in total. The van der Waals surface area contributed by atoms with Gasteiger partial charge in [0.2, 0.25) is 15.9 Å². The first kappa shape index (κ1) is 22.2. The number of ether oxygens (including phenoxy) is 1. The van der Waals surface area contributed by atoms with Gasteiger partial charge in [-0.25, -0.2) is 8.42 Å². The van der Waals surface area contributed by atoms with Gasteiger partial charge in [0, 0.05) is 39.3 Å². The maximum atomic E-state index is 12.9. The third kappa shape index (κ3) is 5.36. The number of carbonyl (C=O) groups is 1. The molecule has 0 aliphatic carbocycles. The molecule has 29 heavy (non-hydrogen) atoms. The van der Waals surface area contributed by atoms with Crippen LogP contribution in [0.2, 0.25) is 0 Å². The third-order valence-corrected chi connectivity index (χ3v) is 7.73. The first-order valence-corrected chi connectivity index (χ1v) is 12.0. The van der Waals surface area contributed by atoms with Crippen LogP contribution < -0.4 is 0 Å². The highest BCUT2D eigenvalue weighted by atomic mass is 32.2. The molecular weight excluding hydrogens is 390 g/mol. The van der Waals surface area contributed by atoms with Crippen molar-refractivity contribution in [3.05, 3.63) is 29.8 Å². The van der Waals surface area contributed by atoms with Gasteiger partial charge in [0.1, 0.15) is 0 Å². The number of nitrogens with zero attached hydrogens (tertiary/aromatic N) is 3. The van der Waals surface area contributed by atoms with Crippen molar-refractivity contribution in [3.8, 4) is 0 Å². The van der Waals surface area contributed by atoms with E-state index in [1.165, 1.54) is 4.31 Å². The maximum Gasteiger partial charge on any atom is 0.243 e. The largest absolute Gasteiger partial charge is 0.375 e. The van der Waals surface area contributed by atoms with E-state index in [9.17, 15) is 13.2 Å². The Morgan fingerprint density at radius 2 is 1.76 bits per heavy atom. The van der Waals surface area contributed by atoms with Gasteiger partial charge in [0.25, 0.3) is 0 Å². The summed E-state index contributed by atoms with van der Waals surface area (Å²) in [5.74, 6) is 0.472. The molecule has 162 valence electrons. The maximum absolute atomic E-state index is 12.9. The fraction of sp³-hybridized carbons (Fsp3) is 0.667. The molecule has 1 aromatic rings. The highest BCUT2D eigenvalue weighted by Crippen LogP contribution is 2.21. The van der Waals surface area contributed by atoms with Gasteiger partial charge in [0.15, 0.2) is 0 Å². The normalized spacial score (nSPS) is 22.2. The lowest BCUT2D eigenvalue weighted by Crippen LogP contribution is -2.53. The molecule has 0 N–H and O–H groups in total. The predicted octanol–water partition coefficient (Wildman–Crippen LogP) is 1.75. The molecule has 1 amide bonds. The summed E-state index contributed by atoms with van der Waals surface area (Å²) in [6, 6.07) is 7.17. The molecule has 0 bridgehead atoms. The number of amides is 1. The fourth-order valence-electron chi connectivity index (χ4n) is 3.79. The standard InChI is InChI=1S/C21H33N3O4S/c1-4-19-15-23(13-14-28-19)21(25)16-22-9-11-24(12-10-22)29(26,27)20-7-5-18(6-8-20)17(2)3/h5-8,17,19H,4,9-16H2,1-3H3. The van der Waals surface area contributed by atoms with E-state index >= 15 is 0 Å². The van der Waals surface area contributed by atoms with Crippen molar-refractivity contribution in [1.29, 1.82) is 0 Å². The van der Waals surface area contributed by atoms with Gasteiger partial charge < -0.3 is 9.64 Å². The number of carbonyl (C=O) groups excluding carboxylic acids is 1. The molecule has 0 spiro atoms. The van der Waals surface area contributed by atoms with E-state index in [1.54, 1.807) is 12.1 Å². The van der Waals surface area contributed by atoms with Crippen molar-refractivity contribution >= 4 is 15.9 Å². The molecule has 0 radical (unpaired) electrons. The van der Waals surface area contributed by atoms with Crippen LogP contribution in [-0.4, -0.2) is 87.0 Å². The molecule has 3 rings (SSSR count). The Kier molecular flexibility index (Phi) is 7.32. The molecule has 1 aromatic carbocycles. The van der Waals surface area contributed by atoms with Crippen LogP contribution in [0.4, 0.5) is 0 Å². The average molecular weight is 424 g/mol. The second-order valence-corrected chi connectivity index (χ2v) is 10.1. The Morgan fingerprint density at radius 1 is 1.10 bits per heavy atom. The number of sulfonamides is 1. The highest BCUT2D eigenvalue weighted by Gasteiger charge is 2.30. The second kappa shape index (κ2) is 9.55. The van der Waals surface area contributed by atoms with E-state index in [1.807, 2.05) is 21.9 Å². The summed E-state index contributed by atoms with van der Waals surface area (Å²) in [6.07, 6.45) is 1.02. The Labute approximate surface area is 174 Å². The monoisotopic (exact) mass is 423 g/mol. The summed E-state index contributed by atoms with van der Waals surface area (Å²) < 4.78 is 33.0. The number of benzene rings is 1. The van der Waals surface area contributed by atoms with Crippen LogP contribution in [0.1, 0.15) is 38.7 Å². The van der Waals surface area contributed by atoms with E-state index in [4.69, 9.17) is 4.74 Å². The molecule has 2 fully saturated rings. The minimum absolute atomic E-state index is 0.104. The summed E-state index contributed by atoms with van der Waals surface area (Å²) >= 11 is 0. The average Bonchev–Trinajstić information content (AvgIpc) is 2.74. The molecule has 0 saturated carbocycles. The molecule has 2 saturated heterocycles. The number of piperazine rings is 1. The summed E-state index contributed by atoms with van der Waals surface area (Å²) in [4.78, 5) is 16.9. The van der Waals surface area contributed by atoms with Crippen LogP contribution in [-0.2, 0) is 19.6 Å². The lowest BCUT2D eigenvalue weighted by molar-refractivity contribution is -0.140. The molecule has 2 aliphatic heterocycles. The molecular formula is C21H33N3O4S. The number of rotatable bonds is 6. The number of hydrogen-bond acceptors (Lipinski definition) is 5. The van der Waals surface area contributed by atoms with Crippen LogP contribution in [0, 0.1) is 0 Å². The van der Waals surface area contributed by atoms with Gasteiger partial charge in [0.05, 0.1) is 24.2 Å². The van der Waals surface area contributed by atoms with Gasteiger partial charge in [-0.05, 0) is 30.0 Å². The lowest BCUT2D eigenvalue weighted by atomic mass is 10.0. The first-order valence-electron chi connectivity index (χ1n) is 10.5. The Balaban J connectivity index is 1.53. The fourth-order valence-corrected chi connectivity index (χ4v) is 5.21. The summed E-state index contributed by atoms with van der Waals surface area (Å²) in [7, 11) is -3.49. The molecule has 0 aromatic heterocycles. The highest BCUT2D eigenvalue weighted by molar-refractivity contribution is 7.89. The third-order valence-electron chi connectivity index (χ3n) is 5.82. The van der Waals surface area contributed by atoms with Gasteiger partial charge in [-0.3, -0.25) is 9.69 Å². The Morgan fingerprint density at radius 3 is 2.34 bits per heavy atom. The minimum Gasteiger partial charge on any atom is -0.375 e. The van der Waals surface area contributed by atoms with E-state index in [-0.39, 0.29) is 12.0 Å². The van der Waals surface area contributed by atoms with Crippen molar-refractivity contribution in [2.75, 3.05) is 52.4 Å². The van der Waals surface area contributed by atoms with Crippen LogP contribution in [0.25, 0.3) is 0 Å². The first-order chi connectivity index (χ1) is 13.8. The van der Waals surface area contributed by atoms with Crippen molar-refractivity contribution in [1.82, 2.24) is 14.1 Å². The van der Waals surface area contributed by atoms with Crippen molar-refractivity contribution in [2.45, 2.75) is 44.1 Å². The van der Waals surface area contributed by atoms with Crippen LogP contribution in [0.15, 0.2) is 29.2 Å². The van der Waals surface area contributed by atoms with Gasteiger partial charge >= 0.3 is 0 Å². The van der Waals surface area contributed by atoms with Crippen molar-refractivity contribution in [2.24, 2.45) is 0 Å². The van der Waals surface area contributed by atoms with Crippen LogP contribution in [0.3, 0.4) is 0 Å². The van der Waals surface area contributed by atoms with E-state index < -0.39 is 10.0 Å². The Bertz CT molecular complexity index is 787. The zero-order chi connectivity index (χ0) is 21.0. The molecule has 2 heterocycles. The van der Waals surface area contributed by atoms with Crippen LogP contribution >= 0.6 is 0 Å². The zero-order valence-electron chi connectivity index (χ0n) is 17.7. The van der Waals surface area contributed by atoms with E-state index in [0.29, 0.717) is 63.2 Å². The topological polar surface area (TPSA) is 70.2 Å². The second-order valence-electron chi connectivity index (χ2n) is 8.14. The SMILES string of the molecule is CCC1CN(C(=O)CN2CCN(S(=O)(=O)c3ccc(C(C)C)cc3)CC2)CCO1. The summed E-state index contributed by atoms with van der Waals surface area (Å²) in [6.45, 7) is 10.4. The lowest BCUT2D eigenvalue weighted by Gasteiger charge is -2.36. The van der Waals surface area contributed by atoms with Gasteiger partial charge in [-0.1, -0.05) is 32.9 Å². The smallest absolute Gasteiger partial charge is 0.243 e.